The molecular formula is C38H43ClN4O7. The Hall–Kier alpha value is -4.90. The maximum atomic E-state index is 14.3. The standard InChI is InChI=1S/C38H43ClN4O7/c1-24(44)40-21-20-38(18-4-5-19-38)37(49)41-32(36(47)48)22-26-6-14-30(15-7-26)43-34(28-10-12-29(39)13-11-28)42(25(2)45)33(35(43)46)23-27-8-16-31(50-3)17-9-27/h6-17,32-34H,4-5,18-23H2,1-3H3,(H,40,44)(H,41,49)(H,47,48). The van der Waals surface area contributed by atoms with Crippen LogP contribution in [0.4, 0.5) is 5.69 Å². The number of carboxylic acid groups (broad SMARTS) is 1. The Labute approximate surface area is 296 Å². The second-order valence-electron chi connectivity index (χ2n) is 13.1. The Morgan fingerprint density at radius 3 is 2.12 bits per heavy atom. The van der Waals surface area contributed by atoms with Crippen molar-refractivity contribution in [2.24, 2.45) is 5.41 Å². The molecule has 264 valence electrons. The molecule has 12 heteroatoms. The largest absolute Gasteiger partial charge is 0.497 e. The van der Waals surface area contributed by atoms with E-state index >= 15 is 0 Å². The predicted octanol–water partition coefficient (Wildman–Crippen LogP) is 5.05. The molecule has 3 aromatic carbocycles. The Kier molecular flexibility index (Phi) is 11.5. The van der Waals surface area contributed by atoms with E-state index in [1.807, 2.05) is 24.3 Å². The molecule has 50 heavy (non-hydrogen) atoms. The Balaban J connectivity index is 1.39. The number of benzene rings is 3. The molecule has 3 atom stereocenters. The van der Waals surface area contributed by atoms with Crippen LogP contribution >= 0.6 is 11.6 Å². The van der Waals surface area contributed by atoms with E-state index in [9.17, 15) is 29.1 Å². The molecule has 3 aromatic rings. The molecule has 0 spiro atoms. The van der Waals surface area contributed by atoms with E-state index in [0.29, 0.717) is 53.4 Å². The molecule has 3 unspecified atom stereocenters. The number of rotatable bonds is 13. The van der Waals surface area contributed by atoms with Gasteiger partial charge in [0.1, 0.15) is 24.0 Å². The minimum absolute atomic E-state index is 0.0252. The molecule has 11 nitrogen and oxygen atoms in total. The number of methoxy groups -OCH3 is 1. The monoisotopic (exact) mass is 702 g/mol. The van der Waals surface area contributed by atoms with Crippen LogP contribution in [0.5, 0.6) is 5.75 Å². The number of carbonyl (C=O) groups is 5. The van der Waals surface area contributed by atoms with Crippen molar-refractivity contribution < 1.29 is 33.8 Å². The molecule has 1 saturated carbocycles. The van der Waals surface area contributed by atoms with Crippen LogP contribution in [0.15, 0.2) is 72.8 Å². The summed E-state index contributed by atoms with van der Waals surface area (Å²) in [6.45, 7) is 3.21. The first-order valence-electron chi connectivity index (χ1n) is 16.8. The third kappa shape index (κ3) is 8.10. The first-order valence-corrected chi connectivity index (χ1v) is 17.2. The van der Waals surface area contributed by atoms with Gasteiger partial charge in [0, 0.05) is 43.9 Å². The van der Waals surface area contributed by atoms with E-state index in [1.165, 1.54) is 13.8 Å². The van der Waals surface area contributed by atoms with Crippen LogP contribution in [0.3, 0.4) is 0 Å². The number of carboxylic acids is 1. The topological polar surface area (TPSA) is 145 Å². The lowest BCUT2D eigenvalue weighted by Gasteiger charge is -2.31. The molecule has 2 fully saturated rings. The van der Waals surface area contributed by atoms with Gasteiger partial charge in [-0.1, -0.05) is 60.8 Å². The summed E-state index contributed by atoms with van der Waals surface area (Å²) < 4.78 is 5.28. The van der Waals surface area contributed by atoms with Gasteiger partial charge in [-0.25, -0.2) is 4.79 Å². The van der Waals surface area contributed by atoms with Crippen molar-refractivity contribution in [3.8, 4) is 5.75 Å². The Morgan fingerprint density at radius 1 is 0.940 bits per heavy atom. The molecule has 2 aliphatic rings. The lowest BCUT2D eigenvalue weighted by molar-refractivity contribution is -0.144. The van der Waals surface area contributed by atoms with Crippen molar-refractivity contribution >= 4 is 46.9 Å². The molecule has 4 amide bonds. The summed E-state index contributed by atoms with van der Waals surface area (Å²) >= 11 is 6.20. The smallest absolute Gasteiger partial charge is 0.326 e. The summed E-state index contributed by atoms with van der Waals surface area (Å²) in [7, 11) is 1.58. The van der Waals surface area contributed by atoms with Crippen LogP contribution in [-0.2, 0) is 36.8 Å². The van der Waals surface area contributed by atoms with Crippen LogP contribution in [-0.4, -0.2) is 65.3 Å². The van der Waals surface area contributed by atoms with Crippen molar-refractivity contribution in [2.45, 2.75) is 77.0 Å². The van der Waals surface area contributed by atoms with Crippen molar-refractivity contribution in [1.82, 2.24) is 15.5 Å². The highest BCUT2D eigenvalue weighted by Gasteiger charge is 2.49. The molecule has 0 bridgehead atoms. The van der Waals surface area contributed by atoms with Gasteiger partial charge >= 0.3 is 5.97 Å². The van der Waals surface area contributed by atoms with Gasteiger partial charge in [0.05, 0.1) is 12.5 Å². The van der Waals surface area contributed by atoms with Gasteiger partial charge in [0.25, 0.3) is 5.91 Å². The number of hydrogen-bond donors (Lipinski definition) is 3. The van der Waals surface area contributed by atoms with Crippen molar-refractivity contribution in [1.29, 1.82) is 0 Å². The number of hydrogen-bond acceptors (Lipinski definition) is 6. The Bertz CT molecular complexity index is 1710. The fraction of sp³-hybridized carbons (Fsp3) is 0.395. The number of nitrogens with one attached hydrogen (secondary N) is 2. The predicted molar refractivity (Wildman–Crippen MR) is 189 cm³/mol. The molecule has 1 aliphatic carbocycles. The minimum atomic E-state index is -1.18. The summed E-state index contributed by atoms with van der Waals surface area (Å²) in [5.41, 5.74) is 2.01. The molecule has 0 aromatic heterocycles. The molecule has 0 radical (unpaired) electrons. The van der Waals surface area contributed by atoms with E-state index in [0.717, 1.165) is 18.4 Å². The number of aliphatic carboxylic acids is 1. The van der Waals surface area contributed by atoms with Gasteiger partial charge < -0.3 is 25.4 Å². The fourth-order valence-electron chi connectivity index (χ4n) is 7.13. The summed E-state index contributed by atoms with van der Waals surface area (Å²) in [4.78, 5) is 68.0. The van der Waals surface area contributed by atoms with E-state index in [4.69, 9.17) is 16.3 Å². The number of ether oxygens (including phenoxy) is 1. The van der Waals surface area contributed by atoms with Gasteiger partial charge in [-0.2, -0.15) is 0 Å². The van der Waals surface area contributed by atoms with Crippen LogP contribution < -0.4 is 20.3 Å². The van der Waals surface area contributed by atoms with Crippen molar-refractivity contribution in [3.63, 3.8) is 0 Å². The maximum Gasteiger partial charge on any atom is 0.326 e. The zero-order valence-corrected chi connectivity index (χ0v) is 29.2. The first-order chi connectivity index (χ1) is 23.9. The van der Waals surface area contributed by atoms with Crippen LogP contribution in [0.1, 0.15) is 68.8 Å². The molecule has 1 aliphatic heterocycles. The van der Waals surface area contributed by atoms with Gasteiger partial charge in [-0.05, 0) is 72.4 Å². The average Bonchev–Trinajstić information content (AvgIpc) is 3.68. The maximum absolute atomic E-state index is 14.3. The zero-order chi connectivity index (χ0) is 36.0. The third-order valence-corrected chi connectivity index (χ3v) is 10.0. The summed E-state index contributed by atoms with van der Waals surface area (Å²) in [5, 5.41) is 16.1. The van der Waals surface area contributed by atoms with E-state index in [-0.39, 0.29) is 36.5 Å². The lowest BCUT2D eigenvalue weighted by Crippen LogP contribution is -2.49. The lowest BCUT2D eigenvalue weighted by atomic mass is 9.81. The summed E-state index contributed by atoms with van der Waals surface area (Å²) in [6, 6.07) is 19.4. The first kappa shape index (κ1) is 36.4. The van der Waals surface area contributed by atoms with Crippen molar-refractivity contribution in [2.75, 3.05) is 18.6 Å². The van der Waals surface area contributed by atoms with Gasteiger partial charge in [0.15, 0.2) is 0 Å². The summed E-state index contributed by atoms with van der Waals surface area (Å²) in [6.07, 6.45) is 2.99. The van der Waals surface area contributed by atoms with Crippen LogP contribution in [0, 0.1) is 5.41 Å². The number of anilines is 1. The fourth-order valence-corrected chi connectivity index (χ4v) is 7.26. The molecule has 1 heterocycles. The number of nitrogens with zero attached hydrogens (tertiary/aromatic N) is 2. The van der Waals surface area contributed by atoms with Gasteiger partial charge in [0.2, 0.25) is 17.7 Å². The van der Waals surface area contributed by atoms with E-state index < -0.39 is 29.6 Å². The zero-order valence-electron chi connectivity index (χ0n) is 28.5. The van der Waals surface area contributed by atoms with Gasteiger partial charge in [-0.3, -0.25) is 24.1 Å². The van der Waals surface area contributed by atoms with Crippen LogP contribution in [0.25, 0.3) is 0 Å². The minimum Gasteiger partial charge on any atom is -0.497 e. The second-order valence-corrected chi connectivity index (χ2v) is 13.5. The molecule has 3 N–H and O–H groups in total. The van der Waals surface area contributed by atoms with E-state index in [2.05, 4.69) is 10.6 Å². The summed E-state index contributed by atoms with van der Waals surface area (Å²) in [5.74, 6) is -1.50. The van der Waals surface area contributed by atoms with E-state index in [1.54, 1.807) is 65.4 Å². The third-order valence-electron chi connectivity index (χ3n) is 9.76. The number of amides is 4. The van der Waals surface area contributed by atoms with Crippen LogP contribution in [0.2, 0.25) is 5.02 Å². The SMILES string of the molecule is COc1ccc(CC2C(=O)N(c3ccc(CC(NC(=O)C4(CCNC(C)=O)CCCC4)C(=O)O)cc3)C(c3ccc(Cl)cc3)N2C(C)=O)cc1. The Morgan fingerprint density at radius 2 is 1.56 bits per heavy atom. The number of carbonyl (C=O) groups excluding carboxylic acids is 4. The molecular weight excluding hydrogens is 660 g/mol. The highest BCUT2D eigenvalue weighted by atomic mass is 35.5. The van der Waals surface area contributed by atoms with Gasteiger partial charge in [-0.15, -0.1) is 0 Å². The highest BCUT2D eigenvalue weighted by Crippen LogP contribution is 2.42. The molecule has 5 rings (SSSR count). The second kappa shape index (κ2) is 15.8. The highest BCUT2D eigenvalue weighted by molar-refractivity contribution is 6.30. The molecule has 1 saturated heterocycles. The normalized spacial score (nSPS) is 18.8. The van der Waals surface area contributed by atoms with Crippen molar-refractivity contribution in [3.05, 3.63) is 94.5 Å². The number of halogens is 1. The average molecular weight is 703 g/mol. The quantitative estimate of drug-likeness (QED) is 0.226.